The Morgan fingerprint density at radius 1 is 1.05 bits per heavy atom. The summed E-state index contributed by atoms with van der Waals surface area (Å²) >= 11 is 6.34. The van der Waals surface area contributed by atoms with Crippen LogP contribution in [0.5, 0.6) is 0 Å². The fourth-order valence-electron chi connectivity index (χ4n) is 6.10. The van der Waals surface area contributed by atoms with Crippen molar-refractivity contribution in [2.45, 2.75) is 57.9 Å². The molecule has 2 N–H and O–H groups in total. The topological polar surface area (TPSA) is 80.8 Å². The number of hydrogen-bond acceptors (Lipinski definition) is 4. The highest BCUT2D eigenvalue weighted by atomic mass is 35.5. The van der Waals surface area contributed by atoms with Crippen molar-refractivity contribution in [1.82, 2.24) is 14.4 Å². The maximum absolute atomic E-state index is 14.5. The van der Waals surface area contributed by atoms with E-state index in [0.717, 1.165) is 42.4 Å². The molecule has 3 aromatic rings. The summed E-state index contributed by atoms with van der Waals surface area (Å²) in [5, 5.41) is 1.41. The number of likely N-dealkylation sites (tertiary alicyclic amines) is 1. The third kappa shape index (κ3) is 5.30. The second kappa shape index (κ2) is 11.0. The van der Waals surface area contributed by atoms with Crippen molar-refractivity contribution < 1.29 is 18.7 Å². The number of hydrogen-bond donors (Lipinski definition) is 1. The van der Waals surface area contributed by atoms with Gasteiger partial charge in [-0.2, -0.15) is 0 Å². The van der Waals surface area contributed by atoms with Gasteiger partial charge in [-0.3, -0.25) is 14.5 Å². The Balaban J connectivity index is 1.47. The van der Waals surface area contributed by atoms with E-state index in [1.54, 1.807) is 16.7 Å². The highest BCUT2D eigenvalue weighted by Crippen LogP contribution is 2.36. The van der Waals surface area contributed by atoms with Crippen LogP contribution < -0.4 is 5.73 Å². The molecule has 0 radical (unpaired) electrons. The van der Waals surface area contributed by atoms with E-state index < -0.39 is 5.91 Å². The zero-order valence-electron chi connectivity index (χ0n) is 21.8. The molecule has 202 valence electrons. The maximum Gasteiger partial charge on any atom is 0.271 e. The van der Waals surface area contributed by atoms with Gasteiger partial charge in [-0.05, 0) is 63.9 Å². The van der Waals surface area contributed by atoms with Gasteiger partial charge in [0, 0.05) is 46.7 Å². The van der Waals surface area contributed by atoms with E-state index in [2.05, 4.69) is 4.90 Å². The number of piperidine rings is 1. The minimum absolute atomic E-state index is 0.0496. The summed E-state index contributed by atoms with van der Waals surface area (Å²) in [7, 11) is 0. The first-order valence-electron chi connectivity index (χ1n) is 13.2. The van der Waals surface area contributed by atoms with Crippen LogP contribution >= 0.6 is 11.6 Å². The van der Waals surface area contributed by atoms with Crippen molar-refractivity contribution >= 4 is 34.3 Å². The molecule has 0 bridgehead atoms. The molecule has 2 aromatic carbocycles. The SMILES string of the molecule is C[C@@H]1CN(C(=O)c2c(CN3CCC(c4c(F)cccc4Cl)CC3)c3ccccc3n2CC(N)=O)C[C@H](C)O1. The van der Waals surface area contributed by atoms with Crippen molar-refractivity contribution in [3.63, 3.8) is 0 Å². The van der Waals surface area contributed by atoms with E-state index in [9.17, 15) is 14.0 Å². The van der Waals surface area contributed by atoms with Gasteiger partial charge in [0.15, 0.2) is 0 Å². The Morgan fingerprint density at radius 2 is 1.74 bits per heavy atom. The number of carbonyl (C=O) groups is 2. The first-order chi connectivity index (χ1) is 18.2. The van der Waals surface area contributed by atoms with Gasteiger partial charge in [0.25, 0.3) is 5.91 Å². The number of rotatable bonds is 6. The highest BCUT2D eigenvalue weighted by Gasteiger charge is 2.33. The van der Waals surface area contributed by atoms with E-state index in [-0.39, 0.29) is 36.4 Å². The Kier molecular flexibility index (Phi) is 7.75. The normalized spacial score (nSPS) is 21.2. The number of halogens is 2. The van der Waals surface area contributed by atoms with E-state index in [1.165, 1.54) is 6.07 Å². The summed E-state index contributed by atoms with van der Waals surface area (Å²) in [6, 6.07) is 12.6. The number of aromatic nitrogens is 1. The average molecular weight is 541 g/mol. The van der Waals surface area contributed by atoms with E-state index in [1.807, 2.05) is 43.0 Å². The molecule has 2 aliphatic rings. The first kappa shape index (κ1) is 26.7. The van der Waals surface area contributed by atoms with Gasteiger partial charge in [-0.25, -0.2) is 4.39 Å². The van der Waals surface area contributed by atoms with Gasteiger partial charge in [-0.1, -0.05) is 35.9 Å². The van der Waals surface area contributed by atoms with Crippen LogP contribution in [-0.2, 0) is 22.6 Å². The number of morpholine rings is 1. The molecule has 2 fully saturated rings. The van der Waals surface area contributed by atoms with Crippen molar-refractivity contribution in [3.05, 3.63) is 70.1 Å². The number of primary amides is 1. The maximum atomic E-state index is 14.5. The molecule has 2 aliphatic heterocycles. The molecule has 3 heterocycles. The Hall–Kier alpha value is -2.94. The van der Waals surface area contributed by atoms with Crippen LogP contribution in [0.3, 0.4) is 0 Å². The Bertz CT molecular complexity index is 1320. The van der Waals surface area contributed by atoms with Gasteiger partial charge >= 0.3 is 0 Å². The number of nitrogens with zero attached hydrogens (tertiary/aromatic N) is 3. The van der Waals surface area contributed by atoms with Crippen LogP contribution in [-0.4, -0.2) is 64.6 Å². The lowest BCUT2D eigenvalue weighted by Crippen LogP contribution is -2.49. The van der Waals surface area contributed by atoms with Crippen molar-refractivity contribution in [1.29, 1.82) is 0 Å². The van der Waals surface area contributed by atoms with Gasteiger partial charge in [0.2, 0.25) is 5.91 Å². The molecule has 9 heteroatoms. The lowest BCUT2D eigenvalue weighted by molar-refractivity contribution is -0.118. The van der Waals surface area contributed by atoms with Gasteiger partial charge < -0.3 is 19.9 Å². The number of benzene rings is 2. The third-order valence-corrected chi connectivity index (χ3v) is 8.01. The lowest BCUT2D eigenvalue weighted by atomic mass is 9.88. The second-order valence-corrected chi connectivity index (χ2v) is 11.0. The number of fused-ring (bicyclic) bond motifs is 1. The molecule has 1 aromatic heterocycles. The van der Waals surface area contributed by atoms with E-state index in [0.29, 0.717) is 35.9 Å². The van der Waals surface area contributed by atoms with Gasteiger partial charge in [0.1, 0.15) is 18.1 Å². The smallest absolute Gasteiger partial charge is 0.271 e. The second-order valence-electron chi connectivity index (χ2n) is 10.5. The molecule has 2 atom stereocenters. The molecule has 2 amide bonds. The summed E-state index contributed by atoms with van der Waals surface area (Å²) in [6.07, 6.45) is 1.37. The summed E-state index contributed by atoms with van der Waals surface area (Å²) in [5.74, 6) is -0.828. The molecule has 0 aliphatic carbocycles. The zero-order chi connectivity index (χ0) is 27.0. The highest BCUT2D eigenvalue weighted by molar-refractivity contribution is 6.31. The Morgan fingerprint density at radius 3 is 2.39 bits per heavy atom. The molecule has 38 heavy (non-hydrogen) atoms. The summed E-state index contributed by atoms with van der Waals surface area (Å²) in [5.41, 5.74) is 8.44. The molecule has 0 saturated carbocycles. The minimum atomic E-state index is -0.502. The molecule has 0 unspecified atom stereocenters. The number of ether oxygens (including phenoxy) is 1. The van der Waals surface area contributed by atoms with Crippen LogP contribution in [0.15, 0.2) is 42.5 Å². The zero-order valence-corrected chi connectivity index (χ0v) is 22.6. The lowest BCUT2D eigenvalue weighted by Gasteiger charge is -2.36. The van der Waals surface area contributed by atoms with Crippen LogP contribution in [0.4, 0.5) is 4.39 Å². The van der Waals surface area contributed by atoms with Crippen LogP contribution in [0.2, 0.25) is 5.02 Å². The van der Waals surface area contributed by atoms with Gasteiger partial charge in [-0.15, -0.1) is 0 Å². The fourth-order valence-corrected chi connectivity index (χ4v) is 6.41. The predicted molar refractivity (Wildman–Crippen MR) is 146 cm³/mol. The number of para-hydroxylation sites is 1. The van der Waals surface area contributed by atoms with Crippen LogP contribution in [0, 0.1) is 5.82 Å². The van der Waals surface area contributed by atoms with Crippen molar-refractivity contribution in [3.8, 4) is 0 Å². The molecule has 2 saturated heterocycles. The molecular weight excluding hydrogens is 507 g/mol. The van der Waals surface area contributed by atoms with E-state index >= 15 is 0 Å². The predicted octanol–water partition coefficient (Wildman–Crippen LogP) is 4.55. The van der Waals surface area contributed by atoms with E-state index in [4.69, 9.17) is 22.1 Å². The third-order valence-electron chi connectivity index (χ3n) is 7.68. The van der Waals surface area contributed by atoms with Gasteiger partial charge in [0.05, 0.1) is 12.2 Å². The van der Waals surface area contributed by atoms with Crippen LogP contribution in [0.1, 0.15) is 54.2 Å². The molecular formula is C29H34ClFN4O3. The van der Waals surface area contributed by atoms with Crippen molar-refractivity contribution in [2.24, 2.45) is 5.73 Å². The number of nitrogens with two attached hydrogens (primary N) is 1. The average Bonchev–Trinajstić information content (AvgIpc) is 3.16. The minimum Gasteiger partial charge on any atom is -0.372 e. The quantitative estimate of drug-likeness (QED) is 0.497. The molecule has 7 nitrogen and oxygen atoms in total. The monoisotopic (exact) mass is 540 g/mol. The molecule has 0 spiro atoms. The fraction of sp³-hybridized carbons (Fsp3) is 0.448. The Labute approximate surface area is 227 Å². The summed E-state index contributed by atoms with van der Waals surface area (Å²) in [6.45, 7) is 6.83. The number of carbonyl (C=O) groups excluding carboxylic acids is 2. The molecule has 5 rings (SSSR count). The first-order valence-corrected chi connectivity index (χ1v) is 13.6. The van der Waals surface area contributed by atoms with Crippen molar-refractivity contribution in [2.75, 3.05) is 26.2 Å². The van der Waals surface area contributed by atoms with Crippen LogP contribution in [0.25, 0.3) is 10.9 Å². The summed E-state index contributed by atoms with van der Waals surface area (Å²) < 4.78 is 22.2. The number of amides is 2. The largest absolute Gasteiger partial charge is 0.372 e. The summed E-state index contributed by atoms with van der Waals surface area (Å²) in [4.78, 5) is 30.3. The standard InChI is InChI=1S/C29H34ClFN4O3/c1-18-14-34(15-19(2)38-18)29(37)28-22(21-6-3-4-9-25(21)35(28)17-26(32)36)16-33-12-10-20(11-13-33)27-23(30)7-5-8-24(27)31/h3-9,18-20H,10-17H2,1-2H3,(H2,32,36)/t18-,19+.